The van der Waals surface area contributed by atoms with Gasteiger partial charge in [-0.2, -0.15) is 5.06 Å². The van der Waals surface area contributed by atoms with Gasteiger partial charge in [-0.05, 0) is 154 Å². The number of hydrogen-bond acceptors (Lipinski definition) is 31. The molecule has 10 aromatic carbocycles. The summed E-state index contributed by atoms with van der Waals surface area (Å²) in [5.41, 5.74) is 19.1. The van der Waals surface area contributed by atoms with Crippen molar-refractivity contribution in [1.82, 2.24) is 10.1 Å². The molecule has 0 aromatic heterocycles. The summed E-state index contributed by atoms with van der Waals surface area (Å²) in [5.74, 6) is -0.590. The van der Waals surface area contributed by atoms with E-state index in [1.807, 2.05) is 195 Å². The highest BCUT2D eigenvalue weighted by Crippen LogP contribution is 2.47. The number of aliphatic imine (C=N–C) groups is 4. The van der Waals surface area contributed by atoms with Gasteiger partial charge >= 0.3 is 11.9 Å². The van der Waals surface area contributed by atoms with Crippen molar-refractivity contribution in [3.8, 4) is 34.5 Å². The third-order valence-corrected chi connectivity index (χ3v) is 27.1. The molecule has 0 bridgehead atoms. The van der Waals surface area contributed by atoms with Gasteiger partial charge < -0.3 is 76.2 Å². The number of aryl methyl sites for hydroxylation is 2. The van der Waals surface area contributed by atoms with Crippen molar-refractivity contribution in [3.63, 3.8) is 0 Å². The summed E-state index contributed by atoms with van der Waals surface area (Å²) in [6.07, 6.45) is 10.7. The van der Waals surface area contributed by atoms with E-state index in [-0.39, 0.29) is 150 Å². The third kappa shape index (κ3) is 23.9. The molecule has 2 fully saturated rings. The number of benzene rings is 10. The largest absolute Gasteiger partial charge is 0.493 e. The van der Waals surface area contributed by atoms with Gasteiger partial charge in [0.25, 0.3) is 47.3 Å². The molecular weight excluding hydrogens is 1930 g/mol. The SMILES string of the molecule is COC(=O)CCOCCOCCOCCN(C)c1cc(COc2cc3c(cc2C)C(=O)N2c4ccccc4C[C@H]2C=N3)cc(COc2cc3c(cc2OC)C(=O)N2c4ccccc4C[C@H]2C=N3)c1.COc1cc2c(cc1OCc1cc(COc3cc4c(cc3C)C(=O)N3c5ccccc5C[C@H]3C=N4)cc(N(C)CCOCCOCCOCCC(=O)ON3C(=O)CCC3=O)c1)N=C[C@@H]1Cc3ccccc3N1C2=O.O=C1CCC(=O)N1O. The number of anilines is 6. The summed E-state index contributed by atoms with van der Waals surface area (Å²) >= 11 is 0. The van der Waals surface area contributed by atoms with Crippen LogP contribution in [-0.2, 0) is 119 Å². The predicted molar refractivity (Wildman–Crippen MR) is 557 cm³/mol. The molecule has 10 heterocycles. The van der Waals surface area contributed by atoms with E-state index in [9.17, 15) is 47.9 Å². The molecule has 20 rings (SSSR count). The summed E-state index contributed by atoms with van der Waals surface area (Å²) in [5, 5.41) is 9.09. The minimum Gasteiger partial charge on any atom is -0.493 e. The van der Waals surface area contributed by atoms with Gasteiger partial charge in [0, 0.05) is 162 Å². The normalized spacial score (nSPS) is 16.9. The van der Waals surface area contributed by atoms with E-state index in [4.69, 9.17) is 86.9 Å². The van der Waals surface area contributed by atoms with Gasteiger partial charge in [0.15, 0.2) is 23.0 Å². The third-order valence-electron chi connectivity index (χ3n) is 27.1. The van der Waals surface area contributed by atoms with Crippen LogP contribution in [0.2, 0.25) is 0 Å². The number of amides is 8. The molecule has 778 valence electrons. The number of likely N-dealkylation sites (N-methyl/N-ethyl adjacent to an activating group) is 2. The van der Waals surface area contributed by atoms with E-state index in [0.717, 1.165) is 96.2 Å². The lowest BCUT2D eigenvalue weighted by Gasteiger charge is -2.23. The maximum atomic E-state index is 14.1. The Bertz CT molecular complexity index is 6910. The second-order valence-corrected chi connectivity index (χ2v) is 37.1. The summed E-state index contributed by atoms with van der Waals surface area (Å²) < 4.78 is 76.2. The van der Waals surface area contributed by atoms with Crippen molar-refractivity contribution in [2.24, 2.45) is 20.0 Å². The fourth-order valence-corrected chi connectivity index (χ4v) is 19.2. The van der Waals surface area contributed by atoms with Crippen LogP contribution in [0.15, 0.2) is 202 Å². The van der Waals surface area contributed by atoms with Crippen molar-refractivity contribution in [3.05, 3.63) is 260 Å². The van der Waals surface area contributed by atoms with Crippen molar-refractivity contribution < 1.29 is 120 Å². The molecule has 10 aromatic rings. The van der Waals surface area contributed by atoms with Crippen LogP contribution >= 0.6 is 0 Å². The van der Waals surface area contributed by atoms with Gasteiger partial charge in [-0.1, -0.05) is 72.8 Å². The van der Waals surface area contributed by atoms with Crippen molar-refractivity contribution in [2.45, 2.75) is 129 Å². The van der Waals surface area contributed by atoms with Crippen LogP contribution in [0, 0.1) is 13.8 Å². The number of carbonyl (C=O) groups is 10. The van der Waals surface area contributed by atoms with Gasteiger partial charge in [-0.3, -0.25) is 87.9 Å². The van der Waals surface area contributed by atoms with E-state index >= 15 is 0 Å². The number of methoxy groups -OCH3 is 3. The highest BCUT2D eigenvalue weighted by molar-refractivity contribution is 6.18. The van der Waals surface area contributed by atoms with Crippen molar-refractivity contribution >= 4 is 141 Å². The van der Waals surface area contributed by atoms with Crippen LogP contribution < -0.4 is 57.8 Å². The fraction of sp³-hybridized carbons (Fsp3) is 0.345. The molecular formula is C113H116N12O25. The van der Waals surface area contributed by atoms with Gasteiger partial charge in [-0.25, -0.2) is 4.79 Å². The van der Waals surface area contributed by atoms with Crippen LogP contribution in [0.1, 0.15) is 136 Å². The molecule has 8 amide bonds. The molecule has 150 heavy (non-hydrogen) atoms. The lowest BCUT2D eigenvalue weighted by molar-refractivity contribution is -0.198. The molecule has 37 heteroatoms. The minimum absolute atomic E-state index is 0.0338. The lowest BCUT2D eigenvalue weighted by atomic mass is 10.1. The minimum atomic E-state index is -0.722. The fourth-order valence-electron chi connectivity index (χ4n) is 19.2. The van der Waals surface area contributed by atoms with Gasteiger partial charge in [0.2, 0.25) is 0 Å². The first-order valence-electron chi connectivity index (χ1n) is 49.8. The Hall–Kier alpha value is -15.9. The van der Waals surface area contributed by atoms with Crippen molar-refractivity contribution in [1.29, 1.82) is 0 Å². The molecule has 0 aliphatic carbocycles. The molecule has 1 N–H and O–H groups in total. The van der Waals surface area contributed by atoms with E-state index in [2.05, 4.69) is 44.9 Å². The molecule has 0 saturated carbocycles. The first kappa shape index (κ1) is 104. The average Bonchev–Trinajstić information content (AvgIpc) is 1.62. The van der Waals surface area contributed by atoms with E-state index in [0.29, 0.717) is 170 Å². The van der Waals surface area contributed by atoms with Crippen LogP contribution in [0.4, 0.5) is 56.9 Å². The number of fused-ring (bicyclic) bond motifs is 16. The zero-order chi connectivity index (χ0) is 105. The Morgan fingerprint density at radius 3 is 0.940 bits per heavy atom. The van der Waals surface area contributed by atoms with E-state index < -0.39 is 29.6 Å². The Morgan fingerprint density at radius 2 is 0.627 bits per heavy atom. The lowest BCUT2D eigenvalue weighted by Crippen LogP contribution is -2.37. The van der Waals surface area contributed by atoms with Gasteiger partial charge in [0.05, 0.1) is 183 Å². The number of nitrogens with zero attached hydrogens (tertiary/aromatic N) is 12. The molecule has 37 nitrogen and oxygen atoms in total. The zero-order valence-corrected chi connectivity index (χ0v) is 84.4. The van der Waals surface area contributed by atoms with Crippen LogP contribution in [0.5, 0.6) is 34.5 Å². The summed E-state index contributed by atoms with van der Waals surface area (Å²) in [6.45, 7) is 9.75. The number of hydrogen-bond donors (Lipinski definition) is 1. The Morgan fingerprint density at radius 1 is 0.340 bits per heavy atom. The topological polar surface area (TPSA) is 396 Å². The Kier molecular flexibility index (Phi) is 33.3. The number of rotatable bonds is 41. The molecule has 10 aliphatic rings. The molecule has 0 unspecified atom stereocenters. The van der Waals surface area contributed by atoms with Crippen molar-refractivity contribution in [2.75, 3.05) is 157 Å². The second-order valence-electron chi connectivity index (χ2n) is 37.1. The quantitative estimate of drug-likeness (QED) is 0.0161. The molecule has 4 atom stereocenters. The molecule has 2 saturated heterocycles. The molecule has 0 spiro atoms. The number of esters is 1. The Balaban J connectivity index is 0.000000182. The number of ether oxygens (including phenoxy) is 13. The highest BCUT2D eigenvalue weighted by atomic mass is 16.7. The summed E-state index contributed by atoms with van der Waals surface area (Å²) in [7, 11) is 8.43. The summed E-state index contributed by atoms with van der Waals surface area (Å²) in [4.78, 5) is 159. The zero-order valence-electron chi connectivity index (χ0n) is 84.4. The van der Waals surface area contributed by atoms with E-state index in [1.54, 1.807) is 43.4 Å². The molecule has 10 aliphatic heterocycles. The maximum Gasteiger partial charge on any atom is 0.335 e. The number of imide groups is 2. The van der Waals surface area contributed by atoms with Gasteiger partial charge in [-0.15, -0.1) is 5.06 Å². The number of carbonyl (C=O) groups excluding carboxylic acids is 10. The standard InChI is InChI=1S/C56H56N6O12.C53H55N5O10.C4H5NO3/c1-35-22-43-45(57-31-41-26-38-8-4-6-10-47(38)60(41)55(43)66)29-49(35)72-33-36-23-37(34-73-51-30-46-44(28-50(51)68-3)56(67)61-42(32-58-46)27-39-9-5-7-11-48(39)61)25-40(24-36)59(2)15-17-70-19-21-71-20-18-69-16-14-54(65)74-62-52(63)12-13-53(62)64;1-34-21-42-44(54-30-40-25-37-9-5-7-11-46(37)57(40)52(42)60)28-48(34)67-32-35-22-36(24-39(23-35)56(2)14-16-65-18-20-66-19-17-64-15-13-51(59)63-4)33-68-50-29-45-43(27-49(50)62-3)53(61)58-41(31-55-45)26-38-10-6-8-12-47(38)58;6-3-1-2-4(7)5(3)8/h4-11,22-25,28-32,41-42H,12-21,26-27,33-34H2,1-3H3;5-12,21-24,27-31,40-41H,13-20,25-26,32-33H2,1-4H3;8H,1-2H2/t41-,42-;40-,41-;/m00./s1. The smallest absolute Gasteiger partial charge is 0.335 e. The number of hydroxylamine groups is 4. The average molecular weight is 2040 g/mol. The first-order valence-corrected chi connectivity index (χ1v) is 49.8. The van der Waals surface area contributed by atoms with Crippen LogP contribution in [-0.4, -0.2) is 251 Å². The molecule has 0 radical (unpaired) electrons. The van der Waals surface area contributed by atoms with Crippen LogP contribution in [0.25, 0.3) is 0 Å². The summed E-state index contributed by atoms with van der Waals surface area (Å²) in [6, 6.07) is 57.8. The predicted octanol–water partition coefficient (Wildman–Crippen LogP) is 14.5. The highest BCUT2D eigenvalue weighted by Gasteiger charge is 2.43. The number of para-hydroxylation sites is 4. The first-order chi connectivity index (χ1) is 72.9. The monoisotopic (exact) mass is 2040 g/mol. The second kappa shape index (κ2) is 47.9. The Labute approximate surface area is 866 Å². The maximum absolute atomic E-state index is 14.1. The van der Waals surface area contributed by atoms with Gasteiger partial charge in [0.1, 0.15) is 37.9 Å². The van der Waals surface area contributed by atoms with Crippen LogP contribution in [0.3, 0.4) is 0 Å². The van der Waals surface area contributed by atoms with E-state index in [1.165, 1.54) is 7.11 Å².